The number of nitrogens with two attached hydrogens (primary N) is 1. The molecule has 2 aliphatic rings. The van der Waals surface area contributed by atoms with Crippen molar-refractivity contribution in [3.63, 3.8) is 0 Å². The number of piperazine rings is 1. The van der Waals surface area contributed by atoms with Gasteiger partial charge in [-0.15, -0.1) is 0 Å². The average Bonchev–Trinajstić information content (AvgIpc) is 2.46. The molecule has 0 spiro atoms. The summed E-state index contributed by atoms with van der Waals surface area (Å²) in [5, 5.41) is 0. The zero-order chi connectivity index (χ0) is 15.0. The molecule has 0 saturated carbocycles. The Kier molecular flexibility index (Phi) is 4.27. The van der Waals surface area contributed by atoms with Gasteiger partial charge in [0.1, 0.15) is 4.90 Å². The van der Waals surface area contributed by atoms with Crippen LogP contribution in [-0.4, -0.2) is 49.8 Å². The van der Waals surface area contributed by atoms with E-state index in [1.165, 1.54) is 12.8 Å². The van der Waals surface area contributed by atoms with E-state index < -0.39 is 10.0 Å². The predicted molar refractivity (Wildman–Crippen MR) is 86.5 cm³/mol. The van der Waals surface area contributed by atoms with Crippen LogP contribution >= 0.6 is 15.9 Å². The fourth-order valence-corrected chi connectivity index (χ4v) is 5.18. The lowest BCUT2D eigenvalue weighted by molar-refractivity contribution is 0.0852. The minimum atomic E-state index is -3.50. The Morgan fingerprint density at radius 3 is 2.76 bits per heavy atom. The van der Waals surface area contributed by atoms with E-state index in [0.717, 1.165) is 24.0 Å². The second-order valence-corrected chi connectivity index (χ2v) is 8.55. The molecule has 0 radical (unpaired) electrons. The van der Waals surface area contributed by atoms with Gasteiger partial charge in [0.2, 0.25) is 10.0 Å². The largest absolute Gasteiger partial charge is 0.398 e. The quantitative estimate of drug-likeness (QED) is 0.803. The molecular formula is C14H20BrN3O2S. The highest BCUT2D eigenvalue weighted by atomic mass is 79.9. The molecule has 7 heteroatoms. The Morgan fingerprint density at radius 1 is 1.19 bits per heavy atom. The SMILES string of the molecule is Nc1cc(Br)ccc1S(=O)(=O)N1CCN2CCCCC2C1. The molecule has 2 saturated heterocycles. The molecule has 1 atom stereocenters. The zero-order valence-corrected chi connectivity index (χ0v) is 14.2. The van der Waals surface area contributed by atoms with Crippen molar-refractivity contribution in [1.29, 1.82) is 0 Å². The summed E-state index contributed by atoms with van der Waals surface area (Å²) in [5.41, 5.74) is 6.20. The van der Waals surface area contributed by atoms with Crippen LogP contribution in [0.15, 0.2) is 27.6 Å². The van der Waals surface area contributed by atoms with Crippen LogP contribution in [-0.2, 0) is 10.0 Å². The number of benzene rings is 1. The van der Waals surface area contributed by atoms with Crippen LogP contribution < -0.4 is 5.73 Å². The van der Waals surface area contributed by atoms with Gasteiger partial charge in [-0.1, -0.05) is 22.4 Å². The maximum atomic E-state index is 12.8. The summed E-state index contributed by atoms with van der Waals surface area (Å²) in [5.74, 6) is 0. The molecule has 2 aliphatic heterocycles. The van der Waals surface area contributed by atoms with Crippen molar-refractivity contribution in [2.75, 3.05) is 31.9 Å². The van der Waals surface area contributed by atoms with Crippen LogP contribution in [0, 0.1) is 0 Å². The number of hydrogen-bond acceptors (Lipinski definition) is 4. The normalized spacial score (nSPS) is 24.7. The second-order valence-electron chi connectivity index (χ2n) is 5.73. The van der Waals surface area contributed by atoms with Gasteiger partial charge in [0.15, 0.2) is 0 Å². The molecule has 2 N–H and O–H groups in total. The number of rotatable bonds is 2. The van der Waals surface area contributed by atoms with Crippen molar-refractivity contribution in [1.82, 2.24) is 9.21 Å². The first-order valence-electron chi connectivity index (χ1n) is 7.28. The standard InChI is InChI=1S/C14H20BrN3O2S/c15-11-4-5-14(13(16)9-11)21(19,20)18-8-7-17-6-2-1-3-12(17)10-18/h4-5,9,12H,1-3,6-8,10,16H2. The van der Waals surface area contributed by atoms with Crippen LogP contribution in [0.5, 0.6) is 0 Å². The first kappa shape index (κ1) is 15.3. The molecule has 0 aromatic heterocycles. The minimum absolute atomic E-state index is 0.218. The lowest BCUT2D eigenvalue weighted by Gasteiger charge is -2.43. The molecule has 116 valence electrons. The van der Waals surface area contributed by atoms with Gasteiger partial charge >= 0.3 is 0 Å². The van der Waals surface area contributed by atoms with E-state index in [2.05, 4.69) is 20.8 Å². The topological polar surface area (TPSA) is 66.6 Å². The van der Waals surface area contributed by atoms with E-state index in [4.69, 9.17) is 5.73 Å². The number of nitrogens with zero attached hydrogens (tertiary/aromatic N) is 2. The molecule has 0 aliphatic carbocycles. The summed E-state index contributed by atoms with van der Waals surface area (Å²) in [4.78, 5) is 2.63. The monoisotopic (exact) mass is 373 g/mol. The highest BCUT2D eigenvalue weighted by Crippen LogP contribution is 2.29. The first-order chi connectivity index (χ1) is 9.98. The number of sulfonamides is 1. The summed E-state index contributed by atoms with van der Waals surface area (Å²) in [6.07, 6.45) is 3.50. The third-order valence-corrected chi connectivity index (χ3v) is 6.82. The van der Waals surface area contributed by atoms with Gasteiger partial charge < -0.3 is 5.73 Å². The Hall–Kier alpha value is -0.630. The van der Waals surface area contributed by atoms with Crippen molar-refractivity contribution in [2.45, 2.75) is 30.2 Å². The first-order valence-corrected chi connectivity index (χ1v) is 9.51. The molecular weight excluding hydrogens is 354 g/mol. The van der Waals surface area contributed by atoms with E-state index in [-0.39, 0.29) is 4.90 Å². The average molecular weight is 374 g/mol. The summed E-state index contributed by atoms with van der Waals surface area (Å²) >= 11 is 3.31. The van der Waals surface area contributed by atoms with E-state index in [1.54, 1.807) is 22.5 Å². The van der Waals surface area contributed by atoms with Crippen molar-refractivity contribution in [3.8, 4) is 0 Å². The van der Waals surface area contributed by atoms with Crippen molar-refractivity contribution in [2.24, 2.45) is 0 Å². The van der Waals surface area contributed by atoms with E-state index >= 15 is 0 Å². The molecule has 0 amide bonds. The molecule has 0 bridgehead atoms. The van der Waals surface area contributed by atoms with Gasteiger partial charge in [-0.3, -0.25) is 4.90 Å². The van der Waals surface area contributed by atoms with E-state index in [1.807, 2.05) is 0 Å². The van der Waals surface area contributed by atoms with Gasteiger partial charge in [-0.2, -0.15) is 4.31 Å². The van der Waals surface area contributed by atoms with Gasteiger partial charge in [0, 0.05) is 30.1 Å². The van der Waals surface area contributed by atoms with Crippen LogP contribution in [0.25, 0.3) is 0 Å². The second kappa shape index (κ2) is 5.87. The summed E-state index contributed by atoms with van der Waals surface area (Å²) in [7, 11) is -3.50. The summed E-state index contributed by atoms with van der Waals surface area (Å²) < 4.78 is 28.0. The molecule has 5 nitrogen and oxygen atoms in total. The maximum absolute atomic E-state index is 12.8. The predicted octanol–water partition coefficient (Wildman–Crippen LogP) is 1.89. The van der Waals surface area contributed by atoms with Crippen molar-refractivity contribution >= 4 is 31.6 Å². The summed E-state index contributed by atoms with van der Waals surface area (Å²) in [6, 6.07) is 5.31. The third kappa shape index (κ3) is 2.97. The fraction of sp³-hybridized carbons (Fsp3) is 0.571. The molecule has 21 heavy (non-hydrogen) atoms. The lowest BCUT2D eigenvalue weighted by atomic mass is 10.0. The molecule has 2 fully saturated rings. The highest BCUT2D eigenvalue weighted by Gasteiger charge is 2.35. The van der Waals surface area contributed by atoms with Gasteiger partial charge in [0.05, 0.1) is 5.69 Å². The van der Waals surface area contributed by atoms with Gasteiger partial charge in [-0.05, 0) is 37.6 Å². The van der Waals surface area contributed by atoms with Crippen LogP contribution in [0.4, 0.5) is 5.69 Å². The lowest BCUT2D eigenvalue weighted by Crippen LogP contribution is -2.56. The smallest absolute Gasteiger partial charge is 0.245 e. The Labute approximate surface area is 134 Å². The molecule has 1 aromatic rings. The number of anilines is 1. The zero-order valence-electron chi connectivity index (χ0n) is 11.8. The van der Waals surface area contributed by atoms with Gasteiger partial charge in [-0.25, -0.2) is 8.42 Å². The molecule has 1 unspecified atom stereocenters. The van der Waals surface area contributed by atoms with E-state index in [9.17, 15) is 8.42 Å². The van der Waals surface area contributed by atoms with Crippen molar-refractivity contribution in [3.05, 3.63) is 22.7 Å². The van der Waals surface area contributed by atoms with Gasteiger partial charge in [0.25, 0.3) is 0 Å². The Morgan fingerprint density at radius 2 is 2.00 bits per heavy atom. The number of halogens is 1. The number of nitrogen functional groups attached to an aromatic ring is 1. The Bertz CT molecular complexity index is 635. The summed E-state index contributed by atoms with van der Waals surface area (Å²) in [6.45, 7) is 3.05. The van der Waals surface area contributed by atoms with E-state index in [0.29, 0.717) is 24.8 Å². The molecule has 1 aromatic carbocycles. The molecule has 3 rings (SSSR count). The highest BCUT2D eigenvalue weighted by molar-refractivity contribution is 9.10. The number of fused-ring (bicyclic) bond motifs is 1. The van der Waals surface area contributed by atoms with Crippen molar-refractivity contribution < 1.29 is 8.42 Å². The van der Waals surface area contributed by atoms with Crippen LogP contribution in [0.3, 0.4) is 0 Å². The number of hydrogen-bond donors (Lipinski definition) is 1. The Balaban J connectivity index is 1.85. The number of piperidine rings is 1. The third-order valence-electron chi connectivity index (χ3n) is 4.39. The van der Waals surface area contributed by atoms with Crippen LogP contribution in [0.1, 0.15) is 19.3 Å². The van der Waals surface area contributed by atoms with Crippen LogP contribution in [0.2, 0.25) is 0 Å². The maximum Gasteiger partial charge on any atom is 0.245 e. The minimum Gasteiger partial charge on any atom is -0.398 e. The molecule has 2 heterocycles. The fourth-order valence-electron chi connectivity index (χ4n) is 3.24.